The van der Waals surface area contributed by atoms with Crippen LogP contribution in [-0.2, 0) is 6.42 Å². The summed E-state index contributed by atoms with van der Waals surface area (Å²) < 4.78 is 0. The lowest BCUT2D eigenvalue weighted by atomic mass is 10.0. The predicted molar refractivity (Wildman–Crippen MR) is 171 cm³/mol. The molecule has 3 aromatic carbocycles. The van der Waals surface area contributed by atoms with Gasteiger partial charge < -0.3 is 15.3 Å². The van der Waals surface area contributed by atoms with Crippen LogP contribution in [0, 0.1) is 25.2 Å². The number of piperazine rings is 1. The van der Waals surface area contributed by atoms with Crippen molar-refractivity contribution in [3.8, 4) is 6.07 Å². The number of nitriles is 1. The SMILES string of the molecule is C/C(=C/C#N)N1CCNC(c2ccccc2)C1.CC.CCc1ccc(C2CC2)cc1.CO.Cc1ccccc1C. The van der Waals surface area contributed by atoms with Crippen molar-refractivity contribution in [3.05, 3.63) is 118 Å². The first-order chi connectivity index (χ1) is 19.5. The fourth-order valence-corrected chi connectivity index (χ4v) is 4.27. The second-order valence-corrected chi connectivity index (χ2v) is 9.73. The summed E-state index contributed by atoms with van der Waals surface area (Å²) in [4.78, 5) is 2.26. The lowest BCUT2D eigenvalue weighted by Crippen LogP contribution is -2.44. The van der Waals surface area contributed by atoms with Crippen LogP contribution in [0.1, 0.15) is 80.3 Å². The van der Waals surface area contributed by atoms with Crippen molar-refractivity contribution in [2.45, 2.75) is 72.8 Å². The van der Waals surface area contributed by atoms with Crippen molar-refractivity contribution in [2.24, 2.45) is 0 Å². The van der Waals surface area contributed by atoms with Crippen LogP contribution >= 0.6 is 0 Å². The van der Waals surface area contributed by atoms with E-state index >= 15 is 0 Å². The van der Waals surface area contributed by atoms with Crippen molar-refractivity contribution < 1.29 is 5.11 Å². The Hall–Kier alpha value is -3.39. The summed E-state index contributed by atoms with van der Waals surface area (Å²) in [5.41, 5.74) is 8.09. The van der Waals surface area contributed by atoms with Gasteiger partial charge in [0.05, 0.1) is 6.07 Å². The summed E-state index contributed by atoms with van der Waals surface area (Å²) in [7, 11) is 1.00. The van der Waals surface area contributed by atoms with Gasteiger partial charge >= 0.3 is 0 Å². The molecule has 2 aliphatic rings. The molecule has 0 bridgehead atoms. The first kappa shape index (κ1) is 34.6. The van der Waals surface area contributed by atoms with E-state index in [-0.39, 0.29) is 0 Å². The number of aryl methyl sites for hydroxylation is 3. The normalized spacial score (nSPS) is 15.7. The molecule has 216 valence electrons. The lowest BCUT2D eigenvalue weighted by molar-refractivity contribution is 0.249. The lowest BCUT2D eigenvalue weighted by Gasteiger charge is -2.35. The summed E-state index contributed by atoms with van der Waals surface area (Å²) in [5.74, 6) is 0.904. The van der Waals surface area contributed by atoms with Gasteiger partial charge in [0.1, 0.15) is 0 Å². The van der Waals surface area contributed by atoms with Crippen molar-refractivity contribution >= 4 is 0 Å². The van der Waals surface area contributed by atoms with Gasteiger partial charge in [-0.05, 0) is 73.8 Å². The zero-order valence-corrected chi connectivity index (χ0v) is 25.8. The molecule has 0 spiro atoms. The molecular weight excluding hydrogens is 490 g/mol. The molecule has 1 saturated heterocycles. The fourth-order valence-electron chi connectivity index (χ4n) is 4.27. The Morgan fingerprint density at radius 2 is 1.45 bits per heavy atom. The minimum absolute atomic E-state index is 0.354. The van der Waals surface area contributed by atoms with E-state index < -0.39 is 0 Å². The molecule has 1 saturated carbocycles. The van der Waals surface area contributed by atoms with Gasteiger partial charge in [-0.1, -0.05) is 99.6 Å². The molecule has 1 atom stereocenters. The number of aliphatic hydroxyl groups is 1. The van der Waals surface area contributed by atoms with Crippen LogP contribution in [0.3, 0.4) is 0 Å². The third kappa shape index (κ3) is 12.6. The zero-order chi connectivity index (χ0) is 29.8. The van der Waals surface area contributed by atoms with E-state index in [0.717, 1.165) is 44.8 Å². The number of nitrogens with zero attached hydrogens (tertiary/aromatic N) is 2. The third-order valence-electron chi connectivity index (χ3n) is 7.01. The summed E-state index contributed by atoms with van der Waals surface area (Å²) in [6.45, 7) is 15.3. The van der Waals surface area contributed by atoms with Gasteiger partial charge in [0.25, 0.3) is 0 Å². The average Bonchev–Trinajstić information content (AvgIpc) is 3.88. The second kappa shape index (κ2) is 20.5. The standard InChI is InChI=1S/C14H17N3.C11H14.C8H10.C2H6.CH4O/c1-12(7-8-15)17-10-9-16-14(11-17)13-5-3-2-4-6-13;1-2-9-3-5-10(6-4-9)11-7-8-11;1-7-5-3-4-6-8(7)2;2*1-2/h2-7,14,16H,9-11H2,1H3;3-6,11H,2,7-8H2,1H3;3-6H,1-2H3;1-2H3;2H,1H3/b12-7-;;;;. The number of hydrogen-bond donors (Lipinski definition) is 2. The molecule has 4 heteroatoms. The number of rotatable bonds is 4. The van der Waals surface area contributed by atoms with E-state index in [0.29, 0.717) is 6.04 Å². The monoisotopic (exact) mass is 541 g/mol. The Bertz CT molecular complexity index is 1110. The Labute approximate surface area is 244 Å². The average molecular weight is 542 g/mol. The quantitative estimate of drug-likeness (QED) is 0.327. The Morgan fingerprint density at radius 1 is 0.900 bits per heavy atom. The highest BCUT2D eigenvalue weighted by Gasteiger charge is 2.22. The van der Waals surface area contributed by atoms with Gasteiger partial charge in [-0.2, -0.15) is 5.26 Å². The highest BCUT2D eigenvalue weighted by Crippen LogP contribution is 2.39. The van der Waals surface area contributed by atoms with Gasteiger partial charge in [-0.3, -0.25) is 0 Å². The maximum absolute atomic E-state index is 8.68. The molecule has 1 aliphatic heterocycles. The predicted octanol–water partition coefficient (Wildman–Crippen LogP) is 8.12. The van der Waals surface area contributed by atoms with Gasteiger partial charge in [0, 0.05) is 44.6 Å². The fraction of sp³-hybridized carbons (Fsp3) is 0.417. The molecular formula is C36H51N3O. The second-order valence-electron chi connectivity index (χ2n) is 9.73. The summed E-state index contributed by atoms with van der Waals surface area (Å²) in [5, 5.41) is 19.2. The third-order valence-corrected chi connectivity index (χ3v) is 7.01. The maximum atomic E-state index is 8.68. The largest absolute Gasteiger partial charge is 0.400 e. The molecule has 0 aromatic heterocycles. The van der Waals surface area contributed by atoms with Gasteiger partial charge in [0.2, 0.25) is 0 Å². The van der Waals surface area contributed by atoms with Crippen LogP contribution in [-0.4, -0.2) is 36.8 Å². The van der Waals surface area contributed by atoms with Crippen LogP contribution < -0.4 is 5.32 Å². The number of benzene rings is 3. The first-order valence-corrected chi connectivity index (χ1v) is 14.7. The molecule has 5 rings (SSSR count). The zero-order valence-electron chi connectivity index (χ0n) is 25.8. The van der Waals surface area contributed by atoms with E-state index in [9.17, 15) is 0 Å². The molecule has 1 aliphatic carbocycles. The maximum Gasteiger partial charge on any atom is 0.0930 e. The van der Waals surface area contributed by atoms with Crippen LogP contribution in [0.2, 0.25) is 0 Å². The Kier molecular flexibility index (Phi) is 17.8. The molecule has 0 amide bonds. The summed E-state index contributed by atoms with van der Waals surface area (Å²) in [6, 6.07) is 30.3. The highest BCUT2D eigenvalue weighted by atomic mass is 16.2. The van der Waals surface area contributed by atoms with Crippen LogP contribution in [0.25, 0.3) is 0 Å². The number of aliphatic hydroxyl groups excluding tert-OH is 1. The number of nitrogens with one attached hydrogen (secondary N) is 1. The summed E-state index contributed by atoms with van der Waals surface area (Å²) in [6.07, 6.45) is 5.59. The van der Waals surface area contributed by atoms with Crippen LogP contribution in [0.4, 0.5) is 0 Å². The summed E-state index contributed by atoms with van der Waals surface area (Å²) >= 11 is 0. The topological polar surface area (TPSA) is 59.3 Å². The minimum atomic E-state index is 0.354. The smallest absolute Gasteiger partial charge is 0.0930 e. The molecule has 2 N–H and O–H groups in total. The van der Waals surface area contributed by atoms with Crippen molar-refractivity contribution in [1.29, 1.82) is 5.26 Å². The van der Waals surface area contributed by atoms with E-state index in [1.807, 2.05) is 26.8 Å². The highest BCUT2D eigenvalue weighted by molar-refractivity contribution is 5.28. The van der Waals surface area contributed by atoms with Crippen molar-refractivity contribution in [2.75, 3.05) is 26.7 Å². The minimum Gasteiger partial charge on any atom is -0.400 e. The van der Waals surface area contributed by atoms with E-state index in [4.69, 9.17) is 10.4 Å². The molecule has 4 nitrogen and oxygen atoms in total. The van der Waals surface area contributed by atoms with Crippen molar-refractivity contribution in [1.82, 2.24) is 10.2 Å². The van der Waals surface area contributed by atoms with E-state index in [1.54, 1.807) is 11.6 Å². The Morgan fingerprint density at radius 3 is 1.93 bits per heavy atom. The van der Waals surface area contributed by atoms with Gasteiger partial charge in [0.15, 0.2) is 0 Å². The molecule has 0 radical (unpaired) electrons. The number of allylic oxidation sites excluding steroid dienone is 2. The van der Waals surface area contributed by atoms with Crippen LogP contribution in [0.15, 0.2) is 90.6 Å². The number of hydrogen-bond acceptors (Lipinski definition) is 4. The van der Waals surface area contributed by atoms with E-state index in [2.05, 4.69) is 110 Å². The molecule has 1 heterocycles. The molecule has 1 unspecified atom stereocenters. The van der Waals surface area contributed by atoms with Crippen molar-refractivity contribution in [3.63, 3.8) is 0 Å². The Balaban J connectivity index is 0.000000300. The molecule has 3 aromatic rings. The molecule has 2 fully saturated rings. The van der Waals surface area contributed by atoms with Gasteiger partial charge in [-0.25, -0.2) is 0 Å². The first-order valence-electron chi connectivity index (χ1n) is 14.7. The van der Waals surface area contributed by atoms with Crippen LogP contribution in [0.5, 0.6) is 0 Å². The van der Waals surface area contributed by atoms with E-state index in [1.165, 1.54) is 35.1 Å². The van der Waals surface area contributed by atoms with Gasteiger partial charge in [-0.15, -0.1) is 0 Å². The molecule has 40 heavy (non-hydrogen) atoms.